The molecule has 0 unspecified atom stereocenters. The summed E-state index contributed by atoms with van der Waals surface area (Å²) in [4.78, 5) is 10.7. The van der Waals surface area contributed by atoms with Crippen molar-refractivity contribution >= 4 is 5.97 Å². The van der Waals surface area contributed by atoms with Gasteiger partial charge in [-0.25, -0.2) is 4.79 Å². The highest BCUT2D eigenvalue weighted by atomic mass is 16.6. The van der Waals surface area contributed by atoms with Gasteiger partial charge in [0.15, 0.2) is 0 Å². The molecule has 1 rings (SSSR count). The molecule has 0 heterocycles. The van der Waals surface area contributed by atoms with Crippen molar-refractivity contribution < 1.29 is 23.7 Å². The summed E-state index contributed by atoms with van der Waals surface area (Å²) in [6.07, 6.45) is 0. The highest BCUT2D eigenvalue weighted by Crippen LogP contribution is 1.99. The summed E-state index contributed by atoms with van der Waals surface area (Å²) in [7, 11) is 1.33. The van der Waals surface area contributed by atoms with Crippen LogP contribution in [0.3, 0.4) is 0 Å². The largest absolute Gasteiger partial charge is 0.467 e. The van der Waals surface area contributed by atoms with E-state index in [0.717, 1.165) is 5.56 Å². The summed E-state index contributed by atoms with van der Waals surface area (Å²) in [6.45, 7) is 2.40. The van der Waals surface area contributed by atoms with Crippen LogP contribution in [0.4, 0.5) is 0 Å². The van der Waals surface area contributed by atoms with Crippen LogP contribution in [0.5, 0.6) is 0 Å². The molecule has 5 heteroatoms. The Balaban J connectivity index is 1.85. The molecule has 1 aromatic rings. The molecule has 1 aromatic carbocycles. The van der Waals surface area contributed by atoms with E-state index in [1.807, 2.05) is 30.3 Å². The maximum atomic E-state index is 10.7. The molecule has 19 heavy (non-hydrogen) atoms. The van der Waals surface area contributed by atoms with Gasteiger partial charge in [-0.1, -0.05) is 30.3 Å². The Hall–Kier alpha value is -1.43. The SMILES string of the molecule is COC(=O)COCCOCCOCc1ccccc1. The average Bonchev–Trinajstić information content (AvgIpc) is 2.46. The molecule has 0 fully saturated rings. The van der Waals surface area contributed by atoms with Crippen molar-refractivity contribution in [3.05, 3.63) is 35.9 Å². The number of carbonyl (C=O) groups is 1. The van der Waals surface area contributed by atoms with E-state index in [1.54, 1.807) is 0 Å². The fraction of sp³-hybridized carbons (Fsp3) is 0.500. The van der Waals surface area contributed by atoms with Gasteiger partial charge in [0.25, 0.3) is 0 Å². The van der Waals surface area contributed by atoms with Crippen LogP contribution in [-0.4, -0.2) is 46.1 Å². The van der Waals surface area contributed by atoms with E-state index in [1.165, 1.54) is 7.11 Å². The number of hydrogen-bond donors (Lipinski definition) is 0. The maximum Gasteiger partial charge on any atom is 0.331 e. The lowest BCUT2D eigenvalue weighted by Gasteiger charge is -2.06. The molecule has 0 atom stereocenters. The predicted octanol–water partition coefficient (Wildman–Crippen LogP) is 1.41. The first kappa shape index (κ1) is 15.6. The Bertz CT molecular complexity index is 339. The van der Waals surface area contributed by atoms with Crippen molar-refractivity contribution in [3.8, 4) is 0 Å². The Labute approximate surface area is 113 Å². The van der Waals surface area contributed by atoms with Crippen molar-refractivity contribution in [1.29, 1.82) is 0 Å². The molecule has 106 valence electrons. The molecule has 0 aliphatic carbocycles. The van der Waals surface area contributed by atoms with Crippen molar-refractivity contribution in [3.63, 3.8) is 0 Å². The Morgan fingerprint density at radius 1 is 0.947 bits per heavy atom. The van der Waals surface area contributed by atoms with Crippen LogP contribution >= 0.6 is 0 Å². The Morgan fingerprint density at radius 3 is 2.26 bits per heavy atom. The summed E-state index contributed by atoms with van der Waals surface area (Å²) < 4.78 is 20.2. The van der Waals surface area contributed by atoms with Crippen molar-refractivity contribution in [2.45, 2.75) is 6.61 Å². The predicted molar refractivity (Wildman–Crippen MR) is 69.8 cm³/mol. The van der Waals surface area contributed by atoms with E-state index in [9.17, 15) is 4.79 Å². The van der Waals surface area contributed by atoms with Gasteiger partial charge in [-0.3, -0.25) is 0 Å². The van der Waals surface area contributed by atoms with Gasteiger partial charge in [-0.05, 0) is 5.56 Å². The standard InChI is InChI=1S/C14H20O5/c1-16-14(15)12-19-10-8-17-7-9-18-11-13-5-3-2-4-6-13/h2-6H,7-12H2,1H3. The van der Waals surface area contributed by atoms with Crippen molar-refractivity contribution in [2.24, 2.45) is 0 Å². The number of ether oxygens (including phenoxy) is 4. The quantitative estimate of drug-likeness (QED) is 0.474. The highest BCUT2D eigenvalue weighted by Gasteiger charge is 1.98. The monoisotopic (exact) mass is 268 g/mol. The number of hydrogen-bond acceptors (Lipinski definition) is 5. The molecule has 0 N–H and O–H groups in total. The van der Waals surface area contributed by atoms with E-state index in [-0.39, 0.29) is 12.6 Å². The number of methoxy groups -OCH3 is 1. The average molecular weight is 268 g/mol. The van der Waals surface area contributed by atoms with E-state index < -0.39 is 0 Å². The van der Waals surface area contributed by atoms with Crippen LogP contribution in [0.1, 0.15) is 5.56 Å². The highest BCUT2D eigenvalue weighted by molar-refractivity contribution is 5.70. The van der Waals surface area contributed by atoms with Crippen molar-refractivity contribution in [1.82, 2.24) is 0 Å². The minimum absolute atomic E-state index is 0.0373. The summed E-state index contributed by atoms with van der Waals surface area (Å²) in [5.74, 6) is -0.383. The molecule has 0 amide bonds. The molecule has 0 aromatic heterocycles. The fourth-order valence-electron chi connectivity index (χ4n) is 1.32. The van der Waals surface area contributed by atoms with Crippen LogP contribution < -0.4 is 0 Å². The molecule has 0 saturated carbocycles. The smallest absolute Gasteiger partial charge is 0.331 e. The third-order valence-electron chi connectivity index (χ3n) is 2.30. The molecule has 0 aliphatic heterocycles. The number of rotatable bonds is 10. The topological polar surface area (TPSA) is 54.0 Å². The first-order valence-corrected chi connectivity index (χ1v) is 6.17. The van der Waals surface area contributed by atoms with Gasteiger partial charge in [0.2, 0.25) is 0 Å². The third-order valence-corrected chi connectivity index (χ3v) is 2.30. The Kier molecular flexibility index (Phi) is 8.63. The van der Waals surface area contributed by atoms with Crippen LogP contribution in [0.2, 0.25) is 0 Å². The number of carbonyl (C=O) groups excluding carboxylic acids is 1. The molecule has 0 aliphatic rings. The van der Waals surface area contributed by atoms with Crippen LogP contribution in [-0.2, 0) is 30.3 Å². The van der Waals surface area contributed by atoms with Gasteiger partial charge >= 0.3 is 5.97 Å². The summed E-state index contributed by atoms with van der Waals surface area (Å²) in [5, 5.41) is 0. The lowest BCUT2D eigenvalue weighted by Crippen LogP contribution is -2.14. The third kappa shape index (κ3) is 8.31. The lowest BCUT2D eigenvalue weighted by molar-refractivity contribution is -0.146. The van der Waals surface area contributed by atoms with Gasteiger partial charge in [0, 0.05) is 0 Å². The molecule has 0 bridgehead atoms. The zero-order valence-electron chi connectivity index (χ0n) is 11.2. The van der Waals surface area contributed by atoms with E-state index in [4.69, 9.17) is 14.2 Å². The first-order valence-electron chi connectivity index (χ1n) is 6.17. The van der Waals surface area contributed by atoms with E-state index >= 15 is 0 Å². The van der Waals surface area contributed by atoms with Gasteiger partial charge in [0.05, 0.1) is 40.1 Å². The minimum Gasteiger partial charge on any atom is -0.467 e. The van der Waals surface area contributed by atoms with Gasteiger partial charge in [-0.15, -0.1) is 0 Å². The van der Waals surface area contributed by atoms with E-state index in [0.29, 0.717) is 33.0 Å². The summed E-state index contributed by atoms with van der Waals surface area (Å²) >= 11 is 0. The van der Waals surface area contributed by atoms with Crippen LogP contribution in [0, 0.1) is 0 Å². The number of esters is 1. The summed E-state index contributed by atoms with van der Waals surface area (Å²) in [6, 6.07) is 9.96. The molecule has 5 nitrogen and oxygen atoms in total. The van der Waals surface area contributed by atoms with Crippen LogP contribution in [0.15, 0.2) is 30.3 Å². The maximum absolute atomic E-state index is 10.7. The van der Waals surface area contributed by atoms with Crippen LogP contribution in [0.25, 0.3) is 0 Å². The normalized spacial score (nSPS) is 10.4. The second-order valence-electron chi connectivity index (χ2n) is 3.78. The van der Waals surface area contributed by atoms with Gasteiger partial charge in [0.1, 0.15) is 6.61 Å². The van der Waals surface area contributed by atoms with Gasteiger partial charge in [-0.2, -0.15) is 0 Å². The van der Waals surface area contributed by atoms with Crippen molar-refractivity contribution in [2.75, 3.05) is 40.1 Å². The van der Waals surface area contributed by atoms with E-state index in [2.05, 4.69) is 4.74 Å². The first-order chi connectivity index (χ1) is 9.33. The lowest BCUT2D eigenvalue weighted by atomic mass is 10.2. The second-order valence-corrected chi connectivity index (χ2v) is 3.78. The zero-order chi connectivity index (χ0) is 13.8. The fourth-order valence-corrected chi connectivity index (χ4v) is 1.32. The number of benzene rings is 1. The molecular formula is C14H20O5. The summed E-state index contributed by atoms with van der Waals surface area (Å²) in [5.41, 5.74) is 1.14. The minimum atomic E-state index is -0.383. The second kappa shape index (κ2) is 10.5. The molecular weight excluding hydrogens is 248 g/mol. The Morgan fingerprint density at radius 2 is 1.58 bits per heavy atom. The molecule has 0 saturated heterocycles. The zero-order valence-corrected chi connectivity index (χ0v) is 11.2. The van der Waals surface area contributed by atoms with Gasteiger partial charge < -0.3 is 18.9 Å². The molecule has 0 radical (unpaired) electrons. The molecule has 0 spiro atoms.